The number of rotatable bonds is 3. The smallest absolute Gasteiger partial charge is 0.410 e. The average Bonchev–Trinajstić information content (AvgIpc) is 2.54. The lowest BCUT2D eigenvalue weighted by Crippen LogP contribution is -2.46. The van der Waals surface area contributed by atoms with E-state index in [0.717, 1.165) is 18.5 Å². The fourth-order valence-electron chi connectivity index (χ4n) is 2.74. The minimum atomic E-state index is -0.492. The Morgan fingerprint density at radius 2 is 1.89 bits per heavy atom. The molecule has 0 saturated carbocycles. The Kier molecular flexibility index (Phi) is 6.49. The Hall–Kier alpha value is -2.97. The molecule has 0 aromatic heterocycles. The quantitative estimate of drug-likeness (QED) is 0.467. The van der Waals surface area contributed by atoms with E-state index in [0.29, 0.717) is 18.8 Å². The molecule has 1 aliphatic heterocycles. The van der Waals surface area contributed by atoms with E-state index in [9.17, 15) is 4.79 Å². The van der Waals surface area contributed by atoms with Gasteiger partial charge in [-0.15, -0.1) is 0 Å². The van der Waals surface area contributed by atoms with Gasteiger partial charge in [-0.25, -0.2) is 9.79 Å². The average molecular weight is 375 g/mol. The number of aliphatic imine (C=N–C) groups is 2. The van der Waals surface area contributed by atoms with Gasteiger partial charge in [0.05, 0.1) is 5.69 Å². The van der Waals surface area contributed by atoms with Crippen LogP contribution in [-0.2, 0) is 4.74 Å². The molecule has 0 aliphatic carbocycles. The number of hydrogen-bond donors (Lipinski definition) is 4. The molecule has 0 radical (unpaired) electrons. The van der Waals surface area contributed by atoms with Gasteiger partial charge in [0, 0.05) is 24.8 Å². The number of likely N-dealkylation sites (tertiary alicyclic amines) is 1. The summed E-state index contributed by atoms with van der Waals surface area (Å²) in [4.78, 5) is 21.8. The second-order valence-electron chi connectivity index (χ2n) is 7.46. The fraction of sp³-hybridized carbons (Fsp3) is 0.500. The van der Waals surface area contributed by atoms with Crippen LogP contribution in [-0.4, -0.2) is 47.6 Å². The van der Waals surface area contributed by atoms with E-state index in [-0.39, 0.29) is 24.1 Å². The van der Waals surface area contributed by atoms with Crippen molar-refractivity contribution in [1.29, 1.82) is 0 Å². The van der Waals surface area contributed by atoms with Crippen LogP contribution in [0.4, 0.5) is 16.2 Å². The fourth-order valence-corrected chi connectivity index (χ4v) is 2.74. The highest BCUT2D eigenvalue weighted by molar-refractivity contribution is 5.93. The summed E-state index contributed by atoms with van der Waals surface area (Å²) in [7, 11) is 0. The number of benzene rings is 1. The lowest BCUT2D eigenvalue weighted by molar-refractivity contribution is 0.0206. The van der Waals surface area contributed by atoms with Crippen LogP contribution < -0.4 is 22.5 Å². The van der Waals surface area contributed by atoms with Crippen molar-refractivity contribution in [3.63, 3.8) is 0 Å². The maximum absolute atomic E-state index is 12.3. The molecule has 148 valence electrons. The third-order valence-corrected chi connectivity index (χ3v) is 3.80. The number of anilines is 1. The molecule has 1 saturated heterocycles. The molecule has 1 aromatic rings. The summed E-state index contributed by atoms with van der Waals surface area (Å²) >= 11 is 0. The molecule has 1 atom stereocenters. The van der Waals surface area contributed by atoms with Gasteiger partial charge in [-0.2, -0.15) is 4.99 Å². The molecule has 1 aromatic carbocycles. The van der Waals surface area contributed by atoms with E-state index >= 15 is 0 Å². The van der Waals surface area contributed by atoms with E-state index in [2.05, 4.69) is 15.3 Å². The van der Waals surface area contributed by atoms with Crippen LogP contribution in [0.15, 0.2) is 34.3 Å². The number of amides is 1. The van der Waals surface area contributed by atoms with Crippen LogP contribution in [0.2, 0.25) is 0 Å². The van der Waals surface area contributed by atoms with E-state index in [4.69, 9.17) is 21.9 Å². The Bertz CT molecular complexity index is 703. The first-order valence-corrected chi connectivity index (χ1v) is 8.91. The molecule has 1 unspecified atom stereocenters. The number of carbonyl (C=O) groups excluding carboxylic acids is 1. The van der Waals surface area contributed by atoms with E-state index < -0.39 is 5.60 Å². The van der Waals surface area contributed by atoms with Gasteiger partial charge in [-0.3, -0.25) is 0 Å². The normalized spacial score (nSPS) is 18.0. The molecule has 1 fully saturated rings. The summed E-state index contributed by atoms with van der Waals surface area (Å²) in [6, 6.07) is 7.58. The van der Waals surface area contributed by atoms with E-state index in [1.165, 1.54) is 0 Å². The first-order valence-electron chi connectivity index (χ1n) is 8.91. The van der Waals surface area contributed by atoms with Crippen LogP contribution in [0.3, 0.4) is 0 Å². The highest BCUT2D eigenvalue weighted by Gasteiger charge is 2.27. The zero-order valence-corrected chi connectivity index (χ0v) is 16.1. The summed E-state index contributed by atoms with van der Waals surface area (Å²) in [6.07, 6.45) is 1.64. The Labute approximate surface area is 159 Å². The Balaban J connectivity index is 1.95. The number of nitrogens with one attached hydrogen (secondary N) is 1. The molecular weight excluding hydrogens is 346 g/mol. The highest BCUT2D eigenvalue weighted by atomic mass is 16.6. The molecule has 27 heavy (non-hydrogen) atoms. The largest absolute Gasteiger partial charge is 0.444 e. The third-order valence-electron chi connectivity index (χ3n) is 3.80. The molecule has 9 heteroatoms. The van der Waals surface area contributed by atoms with Gasteiger partial charge in [0.1, 0.15) is 5.60 Å². The summed E-state index contributed by atoms with van der Waals surface area (Å²) in [6.45, 7) is 6.93. The zero-order valence-electron chi connectivity index (χ0n) is 16.1. The Morgan fingerprint density at radius 3 is 2.48 bits per heavy atom. The standard InChI is InChI=1S/C18H29N7O2/c1-18(2,3)27-17(26)25-10-4-5-14(11-25)22-12-6-8-13(9-7-12)23-16(21)24-15(19)20/h6-9,14,22H,4-5,10-11H2,1-3H3,(H6,19,20,21,23,24). The number of piperidine rings is 1. The van der Waals surface area contributed by atoms with Crippen molar-refractivity contribution in [2.75, 3.05) is 18.4 Å². The predicted molar refractivity (Wildman–Crippen MR) is 108 cm³/mol. The first kappa shape index (κ1) is 20.3. The van der Waals surface area contributed by atoms with Crippen LogP contribution in [0.1, 0.15) is 33.6 Å². The first-order chi connectivity index (χ1) is 12.6. The number of carbonyl (C=O) groups is 1. The lowest BCUT2D eigenvalue weighted by Gasteiger charge is -2.34. The maximum atomic E-state index is 12.3. The molecule has 1 heterocycles. The summed E-state index contributed by atoms with van der Waals surface area (Å²) in [5, 5.41) is 3.44. The van der Waals surface area contributed by atoms with Crippen LogP contribution >= 0.6 is 0 Å². The highest BCUT2D eigenvalue weighted by Crippen LogP contribution is 2.21. The summed E-state index contributed by atoms with van der Waals surface area (Å²) < 4.78 is 5.46. The van der Waals surface area contributed by atoms with E-state index in [1.54, 1.807) is 4.90 Å². The van der Waals surface area contributed by atoms with Crippen LogP contribution in [0.5, 0.6) is 0 Å². The monoisotopic (exact) mass is 375 g/mol. The topological polar surface area (TPSA) is 144 Å². The van der Waals surface area contributed by atoms with Gasteiger partial charge in [0.25, 0.3) is 0 Å². The van der Waals surface area contributed by atoms with E-state index in [1.807, 2.05) is 45.0 Å². The minimum Gasteiger partial charge on any atom is -0.444 e. The van der Waals surface area contributed by atoms with Gasteiger partial charge in [-0.1, -0.05) is 0 Å². The van der Waals surface area contributed by atoms with Gasteiger partial charge < -0.3 is 32.2 Å². The third kappa shape index (κ3) is 7.04. The number of hydrogen-bond acceptors (Lipinski definition) is 4. The summed E-state index contributed by atoms with van der Waals surface area (Å²) in [5.41, 5.74) is 17.2. The lowest BCUT2D eigenvalue weighted by atomic mass is 10.1. The molecule has 0 spiro atoms. The second-order valence-corrected chi connectivity index (χ2v) is 7.46. The van der Waals surface area contributed by atoms with Crippen molar-refractivity contribution in [2.24, 2.45) is 27.2 Å². The maximum Gasteiger partial charge on any atom is 0.410 e. The number of guanidine groups is 2. The van der Waals surface area contributed by atoms with Crippen LogP contribution in [0, 0.1) is 0 Å². The molecular formula is C18H29N7O2. The molecule has 2 rings (SSSR count). The van der Waals surface area contributed by atoms with Gasteiger partial charge >= 0.3 is 6.09 Å². The summed E-state index contributed by atoms with van der Waals surface area (Å²) in [5.74, 6) is -0.141. The molecule has 1 amide bonds. The molecule has 9 nitrogen and oxygen atoms in total. The predicted octanol–water partition coefficient (Wildman–Crippen LogP) is 1.72. The van der Waals surface area contributed by atoms with Gasteiger partial charge in [-0.05, 0) is 57.9 Å². The molecule has 1 aliphatic rings. The number of ether oxygens (including phenoxy) is 1. The van der Waals surface area contributed by atoms with Crippen molar-refractivity contribution < 1.29 is 9.53 Å². The van der Waals surface area contributed by atoms with Crippen molar-refractivity contribution in [3.05, 3.63) is 24.3 Å². The number of nitrogens with zero attached hydrogens (tertiary/aromatic N) is 3. The SMILES string of the molecule is CC(C)(C)OC(=O)N1CCCC(Nc2ccc(N=C(N)N=C(N)N)cc2)C1. The van der Waals surface area contributed by atoms with Crippen molar-refractivity contribution in [2.45, 2.75) is 45.3 Å². The zero-order chi connectivity index (χ0) is 20.0. The van der Waals surface area contributed by atoms with Crippen LogP contribution in [0.25, 0.3) is 0 Å². The molecule has 7 N–H and O–H groups in total. The Morgan fingerprint density at radius 1 is 1.22 bits per heavy atom. The van der Waals surface area contributed by atoms with Gasteiger partial charge in [0.2, 0.25) is 5.96 Å². The number of nitrogens with two attached hydrogens (primary N) is 3. The minimum absolute atomic E-state index is 0.00371. The van der Waals surface area contributed by atoms with Crippen molar-refractivity contribution >= 4 is 29.4 Å². The van der Waals surface area contributed by atoms with Crippen molar-refractivity contribution in [1.82, 2.24) is 4.90 Å². The van der Waals surface area contributed by atoms with Gasteiger partial charge in [0.15, 0.2) is 5.96 Å². The second kappa shape index (κ2) is 8.61. The van der Waals surface area contributed by atoms with Crippen molar-refractivity contribution in [3.8, 4) is 0 Å². The molecule has 0 bridgehead atoms.